The Balaban J connectivity index is 2.44. The van der Waals surface area contributed by atoms with Crippen LogP contribution in [0, 0.1) is 0 Å². The van der Waals surface area contributed by atoms with E-state index in [9.17, 15) is 0 Å². The average molecular weight is 230 g/mol. The summed E-state index contributed by atoms with van der Waals surface area (Å²) in [5.41, 5.74) is 7.41. The Morgan fingerprint density at radius 2 is 2.00 bits per heavy atom. The van der Waals surface area contributed by atoms with Crippen molar-refractivity contribution < 1.29 is 4.74 Å². The van der Waals surface area contributed by atoms with Crippen molar-refractivity contribution in [1.29, 1.82) is 0 Å². The maximum Gasteiger partial charge on any atom is 0.129 e. The fourth-order valence-corrected chi connectivity index (χ4v) is 1.91. The van der Waals surface area contributed by atoms with Gasteiger partial charge in [0.2, 0.25) is 0 Å². The van der Waals surface area contributed by atoms with Crippen molar-refractivity contribution in [2.75, 3.05) is 5.73 Å². The van der Waals surface area contributed by atoms with Gasteiger partial charge in [-0.1, -0.05) is 13.8 Å². The number of nitrogens with zero attached hydrogens (tertiary/aromatic N) is 1. The van der Waals surface area contributed by atoms with E-state index in [1.165, 1.54) is 0 Å². The second-order valence-electron chi connectivity index (χ2n) is 4.11. The van der Waals surface area contributed by atoms with Gasteiger partial charge in [-0.2, -0.15) is 0 Å². The average Bonchev–Trinajstić information content (AvgIpc) is 2.38. The van der Waals surface area contributed by atoms with Gasteiger partial charge in [0.1, 0.15) is 5.75 Å². The van der Waals surface area contributed by atoms with E-state index in [2.05, 4.69) is 18.8 Å². The molecule has 1 heterocycles. The monoisotopic (exact) mass is 230 g/mol. The van der Waals surface area contributed by atoms with E-state index in [1.807, 2.05) is 24.3 Å². The number of hydrogen-bond donors (Lipinski definition) is 1. The van der Waals surface area contributed by atoms with Crippen LogP contribution >= 0.6 is 0 Å². The van der Waals surface area contributed by atoms with Crippen LogP contribution < -0.4 is 10.5 Å². The number of benzene rings is 1. The highest BCUT2D eigenvalue weighted by atomic mass is 16.5. The van der Waals surface area contributed by atoms with Crippen LogP contribution in [-0.2, 0) is 0 Å². The Labute approximate surface area is 102 Å². The van der Waals surface area contributed by atoms with E-state index in [1.54, 1.807) is 6.20 Å². The Morgan fingerprint density at radius 3 is 2.71 bits per heavy atom. The standard InChI is InChI=1S/C14H18N2O/c1-3-10(4-2)17-13-8-7-12(15)14-11(13)6-5-9-16-14/h5-10H,3-4,15H2,1-2H3. The highest BCUT2D eigenvalue weighted by Crippen LogP contribution is 2.29. The fraction of sp³-hybridized carbons (Fsp3) is 0.357. The number of rotatable bonds is 4. The molecule has 90 valence electrons. The van der Waals surface area contributed by atoms with Gasteiger partial charge in [-0.15, -0.1) is 0 Å². The minimum absolute atomic E-state index is 0.252. The predicted octanol–water partition coefficient (Wildman–Crippen LogP) is 3.38. The SMILES string of the molecule is CCC(CC)Oc1ccc(N)c2ncccc12. The molecule has 0 atom stereocenters. The second-order valence-corrected chi connectivity index (χ2v) is 4.11. The third kappa shape index (κ3) is 2.33. The molecule has 0 amide bonds. The molecule has 0 aliphatic heterocycles. The number of nitrogens with two attached hydrogens (primary N) is 1. The van der Waals surface area contributed by atoms with Crippen LogP contribution in [0.15, 0.2) is 30.5 Å². The molecule has 0 unspecified atom stereocenters. The maximum absolute atomic E-state index is 5.99. The van der Waals surface area contributed by atoms with Crippen molar-refractivity contribution in [3.63, 3.8) is 0 Å². The summed E-state index contributed by atoms with van der Waals surface area (Å²) < 4.78 is 5.99. The van der Waals surface area contributed by atoms with Crippen LogP contribution in [0.5, 0.6) is 5.75 Å². The van der Waals surface area contributed by atoms with Crippen LogP contribution in [0.2, 0.25) is 0 Å². The molecule has 0 radical (unpaired) electrons. The number of anilines is 1. The molecule has 0 saturated carbocycles. The van der Waals surface area contributed by atoms with Crippen molar-refractivity contribution >= 4 is 16.6 Å². The van der Waals surface area contributed by atoms with Gasteiger partial charge in [0.05, 0.1) is 17.3 Å². The summed E-state index contributed by atoms with van der Waals surface area (Å²) in [6.45, 7) is 4.26. The summed E-state index contributed by atoms with van der Waals surface area (Å²) in [6.07, 6.45) is 4.01. The molecule has 0 saturated heterocycles. The van der Waals surface area contributed by atoms with Gasteiger partial charge in [-0.25, -0.2) is 0 Å². The van der Waals surface area contributed by atoms with Crippen LogP contribution in [0.1, 0.15) is 26.7 Å². The molecule has 17 heavy (non-hydrogen) atoms. The van der Waals surface area contributed by atoms with Gasteiger partial charge in [0.25, 0.3) is 0 Å². The van der Waals surface area contributed by atoms with E-state index in [0.29, 0.717) is 5.69 Å². The lowest BCUT2D eigenvalue weighted by molar-refractivity contribution is 0.195. The number of ether oxygens (including phenoxy) is 1. The van der Waals surface area contributed by atoms with Crippen LogP contribution in [0.4, 0.5) is 5.69 Å². The Hall–Kier alpha value is -1.77. The van der Waals surface area contributed by atoms with Crippen LogP contribution in [-0.4, -0.2) is 11.1 Å². The van der Waals surface area contributed by atoms with Crippen molar-refractivity contribution in [3.05, 3.63) is 30.5 Å². The van der Waals surface area contributed by atoms with Crippen LogP contribution in [0.25, 0.3) is 10.9 Å². The predicted molar refractivity (Wildman–Crippen MR) is 71.2 cm³/mol. The molecule has 0 fully saturated rings. The first-order valence-corrected chi connectivity index (χ1v) is 6.06. The molecule has 0 bridgehead atoms. The first kappa shape index (κ1) is 11.7. The summed E-state index contributed by atoms with van der Waals surface area (Å²) in [7, 11) is 0. The van der Waals surface area contributed by atoms with Crippen molar-refractivity contribution in [3.8, 4) is 5.75 Å². The fourth-order valence-electron chi connectivity index (χ4n) is 1.91. The highest BCUT2D eigenvalue weighted by Gasteiger charge is 2.10. The van der Waals surface area contributed by atoms with E-state index in [-0.39, 0.29) is 6.10 Å². The molecule has 3 nitrogen and oxygen atoms in total. The number of pyridine rings is 1. The maximum atomic E-state index is 5.99. The lowest BCUT2D eigenvalue weighted by Crippen LogP contribution is -2.13. The second kappa shape index (κ2) is 5.04. The minimum atomic E-state index is 0.252. The summed E-state index contributed by atoms with van der Waals surface area (Å²) in [4.78, 5) is 4.30. The number of hydrogen-bond acceptors (Lipinski definition) is 3. The van der Waals surface area contributed by atoms with E-state index < -0.39 is 0 Å². The summed E-state index contributed by atoms with van der Waals surface area (Å²) in [5, 5.41) is 0.986. The first-order valence-electron chi connectivity index (χ1n) is 6.06. The number of aromatic nitrogens is 1. The quantitative estimate of drug-likeness (QED) is 0.819. The summed E-state index contributed by atoms with van der Waals surface area (Å²) >= 11 is 0. The number of fused-ring (bicyclic) bond motifs is 1. The topological polar surface area (TPSA) is 48.1 Å². The molecule has 0 aliphatic carbocycles. The summed E-state index contributed by atoms with van der Waals surface area (Å²) in [5.74, 6) is 0.871. The zero-order valence-electron chi connectivity index (χ0n) is 10.3. The normalized spacial score (nSPS) is 11.0. The third-order valence-electron chi connectivity index (χ3n) is 2.97. The van der Waals surface area contributed by atoms with Gasteiger partial charge in [0, 0.05) is 11.6 Å². The molecule has 1 aromatic carbocycles. The van der Waals surface area contributed by atoms with Gasteiger partial charge in [-0.05, 0) is 37.1 Å². The molecule has 0 aliphatic rings. The third-order valence-corrected chi connectivity index (χ3v) is 2.97. The number of nitrogen functional groups attached to an aromatic ring is 1. The van der Waals surface area contributed by atoms with Crippen LogP contribution in [0.3, 0.4) is 0 Å². The van der Waals surface area contributed by atoms with E-state index >= 15 is 0 Å². The Kier molecular flexibility index (Phi) is 3.47. The molecule has 2 rings (SSSR count). The molecule has 1 aromatic heterocycles. The van der Waals surface area contributed by atoms with Crippen molar-refractivity contribution in [2.45, 2.75) is 32.8 Å². The first-order chi connectivity index (χ1) is 8.26. The molecular formula is C14H18N2O. The zero-order valence-corrected chi connectivity index (χ0v) is 10.3. The lowest BCUT2D eigenvalue weighted by atomic mass is 10.1. The van der Waals surface area contributed by atoms with Gasteiger partial charge >= 0.3 is 0 Å². The zero-order chi connectivity index (χ0) is 12.3. The van der Waals surface area contributed by atoms with Gasteiger partial charge in [-0.3, -0.25) is 4.98 Å². The van der Waals surface area contributed by atoms with Crippen molar-refractivity contribution in [1.82, 2.24) is 4.98 Å². The molecule has 2 N–H and O–H groups in total. The molecular weight excluding hydrogens is 212 g/mol. The molecule has 3 heteroatoms. The lowest BCUT2D eigenvalue weighted by Gasteiger charge is -2.17. The Bertz CT molecular complexity index is 507. The van der Waals surface area contributed by atoms with Gasteiger partial charge in [0.15, 0.2) is 0 Å². The molecule has 2 aromatic rings. The molecule has 0 spiro atoms. The van der Waals surface area contributed by atoms with Crippen molar-refractivity contribution in [2.24, 2.45) is 0 Å². The van der Waals surface area contributed by atoms with E-state index in [0.717, 1.165) is 29.5 Å². The minimum Gasteiger partial charge on any atom is -0.490 e. The summed E-state index contributed by atoms with van der Waals surface area (Å²) in [6, 6.07) is 7.68. The smallest absolute Gasteiger partial charge is 0.129 e. The van der Waals surface area contributed by atoms with Gasteiger partial charge < -0.3 is 10.5 Å². The Morgan fingerprint density at radius 1 is 1.24 bits per heavy atom. The largest absolute Gasteiger partial charge is 0.490 e. The van der Waals surface area contributed by atoms with E-state index in [4.69, 9.17) is 10.5 Å². The highest BCUT2D eigenvalue weighted by molar-refractivity contribution is 5.93.